The van der Waals surface area contributed by atoms with Crippen LogP contribution in [0.4, 0.5) is 0 Å². The second kappa shape index (κ2) is 9.57. The van der Waals surface area contributed by atoms with E-state index in [2.05, 4.69) is 16.1 Å². The molecule has 1 aliphatic heterocycles. The van der Waals surface area contributed by atoms with Gasteiger partial charge < -0.3 is 9.80 Å². The largest absolute Gasteiger partial charge is 0.339 e. The van der Waals surface area contributed by atoms with Gasteiger partial charge in [0, 0.05) is 44.1 Å². The fourth-order valence-corrected chi connectivity index (χ4v) is 4.45. The maximum atomic E-state index is 13.4. The monoisotopic (exact) mass is 445 g/mol. The molecule has 1 saturated heterocycles. The van der Waals surface area contributed by atoms with Crippen LogP contribution in [0.1, 0.15) is 29.4 Å². The van der Waals surface area contributed by atoms with E-state index in [-0.39, 0.29) is 18.4 Å². The van der Waals surface area contributed by atoms with Crippen molar-refractivity contribution in [2.75, 3.05) is 19.6 Å². The lowest BCUT2D eigenvalue weighted by Crippen LogP contribution is -2.59. The number of aromatic nitrogens is 3. The Hall–Kier alpha value is -3.48. The van der Waals surface area contributed by atoms with Crippen molar-refractivity contribution < 1.29 is 9.59 Å². The number of hydrogen-bond acceptors (Lipinski definition) is 4. The highest BCUT2D eigenvalue weighted by Gasteiger charge is 2.37. The summed E-state index contributed by atoms with van der Waals surface area (Å²) in [5, 5.41) is 4.52. The van der Waals surface area contributed by atoms with E-state index in [0.717, 1.165) is 33.6 Å². The number of rotatable bonds is 6. The van der Waals surface area contributed by atoms with Gasteiger partial charge in [-0.2, -0.15) is 5.10 Å². The molecule has 1 atom stereocenters. The number of carbonyl (C=O) groups is 2. The van der Waals surface area contributed by atoms with Crippen molar-refractivity contribution in [3.05, 3.63) is 71.3 Å². The maximum absolute atomic E-state index is 13.4. The number of nitrogens with zero attached hydrogens (tertiary/aromatic N) is 5. The standard InChI is InChI=1S/C26H31N5O2/c1-5-29-13-14-30(25(32)17-31-20(4)18(2)19(3)28-31)24(26(29)33)16-21-7-6-8-23(15-21)22-9-11-27-12-10-22/h6-12,15,24H,5,13-14,16-17H2,1-4H3. The summed E-state index contributed by atoms with van der Waals surface area (Å²) in [6.45, 7) is 9.81. The molecule has 1 unspecified atom stereocenters. The van der Waals surface area contributed by atoms with Crippen molar-refractivity contribution in [2.45, 2.75) is 46.7 Å². The highest BCUT2D eigenvalue weighted by molar-refractivity contribution is 5.89. The summed E-state index contributed by atoms with van der Waals surface area (Å²) in [6, 6.07) is 11.6. The van der Waals surface area contributed by atoms with E-state index in [4.69, 9.17) is 0 Å². The molecule has 0 saturated carbocycles. The van der Waals surface area contributed by atoms with Crippen LogP contribution in [-0.4, -0.2) is 62.1 Å². The van der Waals surface area contributed by atoms with Crippen LogP contribution in [0.25, 0.3) is 11.1 Å². The molecule has 2 amide bonds. The molecule has 33 heavy (non-hydrogen) atoms. The first-order valence-corrected chi connectivity index (χ1v) is 11.5. The molecule has 1 aromatic carbocycles. The Labute approximate surface area is 195 Å². The van der Waals surface area contributed by atoms with E-state index < -0.39 is 6.04 Å². The van der Waals surface area contributed by atoms with Crippen LogP contribution in [-0.2, 0) is 22.6 Å². The quantitative estimate of drug-likeness (QED) is 0.584. The van der Waals surface area contributed by atoms with Gasteiger partial charge in [0.1, 0.15) is 12.6 Å². The second-order valence-corrected chi connectivity index (χ2v) is 8.61. The molecule has 7 heteroatoms. The van der Waals surface area contributed by atoms with Crippen LogP contribution in [0.15, 0.2) is 48.8 Å². The molecule has 0 spiro atoms. The molecule has 0 bridgehead atoms. The van der Waals surface area contributed by atoms with Gasteiger partial charge in [0.15, 0.2) is 0 Å². The highest BCUT2D eigenvalue weighted by Crippen LogP contribution is 2.23. The van der Waals surface area contributed by atoms with E-state index in [9.17, 15) is 9.59 Å². The molecule has 1 aliphatic rings. The summed E-state index contributed by atoms with van der Waals surface area (Å²) in [7, 11) is 0. The fourth-order valence-electron chi connectivity index (χ4n) is 4.45. The lowest BCUT2D eigenvalue weighted by atomic mass is 9.97. The number of likely N-dealkylation sites (N-methyl/N-ethyl adjacent to an activating group) is 1. The first-order chi connectivity index (χ1) is 15.9. The topological polar surface area (TPSA) is 71.3 Å². The summed E-state index contributed by atoms with van der Waals surface area (Å²) < 4.78 is 1.75. The van der Waals surface area contributed by atoms with Crippen LogP contribution in [0, 0.1) is 20.8 Å². The van der Waals surface area contributed by atoms with E-state index in [0.29, 0.717) is 26.1 Å². The van der Waals surface area contributed by atoms with Crippen LogP contribution in [0.2, 0.25) is 0 Å². The smallest absolute Gasteiger partial charge is 0.245 e. The molecular weight excluding hydrogens is 414 g/mol. The SMILES string of the molecule is CCN1CCN(C(=O)Cn2nc(C)c(C)c2C)C(Cc2cccc(-c3ccncc3)c2)C1=O. The lowest BCUT2D eigenvalue weighted by Gasteiger charge is -2.40. The Morgan fingerprint density at radius 2 is 1.82 bits per heavy atom. The Morgan fingerprint density at radius 3 is 2.48 bits per heavy atom. The summed E-state index contributed by atoms with van der Waals surface area (Å²) in [6.07, 6.45) is 4.02. The van der Waals surface area contributed by atoms with Gasteiger partial charge in [-0.3, -0.25) is 19.3 Å². The summed E-state index contributed by atoms with van der Waals surface area (Å²) in [4.78, 5) is 34.3. The average Bonchev–Trinajstić information content (AvgIpc) is 3.07. The van der Waals surface area contributed by atoms with E-state index in [1.165, 1.54) is 0 Å². The lowest BCUT2D eigenvalue weighted by molar-refractivity contribution is -0.151. The van der Waals surface area contributed by atoms with Crippen molar-refractivity contribution >= 4 is 11.8 Å². The molecule has 3 aromatic rings. The molecule has 172 valence electrons. The molecule has 4 rings (SSSR count). The molecule has 7 nitrogen and oxygen atoms in total. The van der Waals surface area contributed by atoms with Gasteiger partial charge in [-0.1, -0.05) is 24.3 Å². The zero-order valence-corrected chi connectivity index (χ0v) is 19.8. The Kier molecular flexibility index (Phi) is 6.58. The van der Waals surface area contributed by atoms with Crippen molar-refractivity contribution in [1.82, 2.24) is 24.6 Å². The van der Waals surface area contributed by atoms with Gasteiger partial charge in [-0.05, 0) is 62.1 Å². The van der Waals surface area contributed by atoms with Gasteiger partial charge in [0.25, 0.3) is 0 Å². The van der Waals surface area contributed by atoms with Gasteiger partial charge in [-0.25, -0.2) is 0 Å². The van der Waals surface area contributed by atoms with Crippen molar-refractivity contribution in [3.8, 4) is 11.1 Å². The van der Waals surface area contributed by atoms with Crippen molar-refractivity contribution in [2.24, 2.45) is 0 Å². The van der Waals surface area contributed by atoms with Gasteiger partial charge in [0.05, 0.1) is 5.69 Å². The number of aryl methyl sites for hydroxylation is 1. The van der Waals surface area contributed by atoms with Crippen LogP contribution >= 0.6 is 0 Å². The zero-order valence-electron chi connectivity index (χ0n) is 19.8. The molecule has 1 fully saturated rings. The predicted molar refractivity (Wildman–Crippen MR) is 128 cm³/mol. The molecule has 3 heterocycles. The Bertz CT molecular complexity index is 1150. The number of carbonyl (C=O) groups excluding carboxylic acids is 2. The summed E-state index contributed by atoms with van der Waals surface area (Å²) >= 11 is 0. The highest BCUT2D eigenvalue weighted by atomic mass is 16.2. The molecule has 0 N–H and O–H groups in total. The minimum Gasteiger partial charge on any atom is -0.339 e. The third kappa shape index (κ3) is 4.67. The summed E-state index contributed by atoms with van der Waals surface area (Å²) in [5.41, 5.74) is 6.18. The number of piperazine rings is 1. The molecule has 2 aromatic heterocycles. The first kappa shape index (κ1) is 22.7. The third-order valence-electron chi connectivity index (χ3n) is 6.68. The van der Waals surface area contributed by atoms with Crippen LogP contribution in [0.5, 0.6) is 0 Å². The Balaban J connectivity index is 1.59. The minimum atomic E-state index is -0.517. The third-order valence-corrected chi connectivity index (χ3v) is 6.68. The number of hydrogen-bond donors (Lipinski definition) is 0. The Morgan fingerprint density at radius 1 is 1.06 bits per heavy atom. The summed E-state index contributed by atoms with van der Waals surface area (Å²) in [5.74, 6) is -0.0593. The van der Waals surface area contributed by atoms with E-state index in [1.807, 2.05) is 62.9 Å². The first-order valence-electron chi connectivity index (χ1n) is 11.5. The molecule has 0 radical (unpaired) electrons. The van der Waals surface area contributed by atoms with E-state index >= 15 is 0 Å². The number of pyridine rings is 1. The van der Waals surface area contributed by atoms with Crippen molar-refractivity contribution in [1.29, 1.82) is 0 Å². The fraction of sp³-hybridized carbons (Fsp3) is 0.385. The minimum absolute atomic E-state index is 0.0102. The van der Waals surface area contributed by atoms with E-state index in [1.54, 1.807) is 22.0 Å². The predicted octanol–water partition coefficient (Wildman–Crippen LogP) is 3.17. The van der Waals surface area contributed by atoms with Crippen molar-refractivity contribution in [3.63, 3.8) is 0 Å². The normalized spacial score (nSPS) is 16.4. The van der Waals surface area contributed by atoms with Crippen LogP contribution in [0.3, 0.4) is 0 Å². The molecular formula is C26H31N5O2. The van der Waals surface area contributed by atoms with Gasteiger partial charge in [0.2, 0.25) is 11.8 Å². The van der Waals surface area contributed by atoms with Gasteiger partial charge >= 0.3 is 0 Å². The second-order valence-electron chi connectivity index (χ2n) is 8.61. The van der Waals surface area contributed by atoms with Gasteiger partial charge in [-0.15, -0.1) is 0 Å². The number of benzene rings is 1. The molecule has 0 aliphatic carbocycles. The maximum Gasteiger partial charge on any atom is 0.245 e. The number of amides is 2. The zero-order chi connectivity index (χ0) is 23.5. The average molecular weight is 446 g/mol. The van der Waals surface area contributed by atoms with Crippen LogP contribution < -0.4 is 0 Å².